The summed E-state index contributed by atoms with van der Waals surface area (Å²) in [5.41, 5.74) is 0. The summed E-state index contributed by atoms with van der Waals surface area (Å²) in [5.74, 6) is -5.77. The number of carboxylic acids is 4. The van der Waals surface area contributed by atoms with Crippen LogP contribution in [0.1, 0.15) is 90.9 Å². The maximum Gasteiger partial charge on any atom is 0.306 e. The summed E-state index contributed by atoms with van der Waals surface area (Å²) in [6.45, 7) is 3.59. The smallest absolute Gasteiger partial charge is 0.306 e. The van der Waals surface area contributed by atoms with E-state index in [4.69, 9.17) is 5.11 Å². The largest absolute Gasteiger partial charge is 0.481 e. The van der Waals surface area contributed by atoms with E-state index in [1.807, 2.05) is 6.92 Å². The Balaban J connectivity index is -0.0000000637. The third kappa shape index (κ3) is 53.2. The summed E-state index contributed by atoms with van der Waals surface area (Å²) in [4.78, 5) is 45.1. The molecular weight excluding hydrogens is 1460 g/mol. The van der Waals surface area contributed by atoms with Gasteiger partial charge in [0, 0.05) is 393 Å². The van der Waals surface area contributed by atoms with Gasteiger partial charge in [0.15, 0.2) is 0 Å². The van der Waals surface area contributed by atoms with Gasteiger partial charge in [0.2, 0.25) is 0 Å². The van der Waals surface area contributed by atoms with Gasteiger partial charge in [-0.25, -0.2) is 0 Å². The van der Waals surface area contributed by atoms with Crippen LogP contribution in [-0.4, -0.2) is 44.3 Å². The molecule has 20 heteroatoms. The van der Waals surface area contributed by atoms with Gasteiger partial charge >= 0.3 is 23.9 Å². The van der Waals surface area contributed by atoms with Crippen molar-refractivity contribution in [3.63, 3.8) is 0 Å². The Hall–Kier alpha value is 11.1. The molecule has 0 aliphatic carbocycles. The molecule has 0 aromatic rings. The van der Waals surface area contributed by atoms with Crippen molar-refractivity contribution < 1.29 is 432 Å². The van der Waals surface area contributed by atoms with Gasteiger partial charge in [0.05, 0.1) is 23.7 Å². The van der Waals surface area contributed by atoms with Gasteiger partial charge in [-0.2, -0.15) is 0 Å². The van der Waals surface area contributed by atoms with E-state index in [1.54, 1.807) is 6.92 Å². The Kier molecular flexibility index (Phi) is 131. The molecule has 0 heterocycles. The van der Waals surface area contributed by atoms with Gasteiger partial charge in [-0.15, -0.1) is 0 Å². The third-order valence-corrected chi connectivity index (χ3v) is 5.78. The topological polar surface area (TPSA) is 149 Å². The van der Waals surface area contributed by atoms with E-state index >= 15 is 0 Å². The SMILES string of the molecule is CCCCC(CCCC(CCCC(CCC[C@H](C)C(=O)O)C(=O)O)C(=O)O)C(=O)O.[Y].[Y].[Y].[Y].[Y].[Y].[Y].[Y].[Y].[Y].[Y].[Y]. The minimum absolute atomic E-state index is 0. The maximum absolute atomic E-state index is 11.5. The molecule has 0 aliphatic heterocycles. The van der Waals surface area contributed by atoms with Crippen molar-refractivity contribution in [2.24, 2.45) is 23.7 Å². The molecule has 12 radical (unpaired) electrons. The van der Waals surface area contributed by atoms with Crippen LogP contribution >= 0.6 is 0 Å². The van der Waals surface area contributed by atoms with Crippen LogP contribution in [0.3, 0.4) is 0 Å². The van der Waals surface area contributed by atoms with Gasteiger partial charge in [-0.3, -0.25) is 19.2 Å². The monoisotopic (exact) mass is 1500 g/mol. The van der Waals surface area contributed by atoms with E-state index in [2.05, 4.69) is 0 Å². The summed E-state index contributed by atoms with van der Waals surface area (Å²) in [5, 5.41) is 36.9. The van der Waals surface area contributed by atoms with Gasteiger partial charge in [0.1, 0.15) is 0 Å². The van der Waals surface area contributed by atoms with Crippen LogP contribution in [0.25, 0.3) is 0 Å². The molecule has 0 fully saturated rings. The van der Waals surface area contributed by atoms with Crippen LogP contribution in [0.2, 0.25) is 0 Å². The molecular formula is C22H38O8Y12. The normalized spacial score (nSPS) is 10.8. The fraction of sp³-hybridized carbons (Fsp3) is 0.818. The number of rotatable bonds is 19. The summed E-state index contributed by atoms with van der Waals surface area (Å²) < 4.78 is 0. The molecule has 0 aromatic heterocycles. The van der Waals surface area contributed by atoms with E-state index in [1.165, 1.54) is 0 Å². The van der Waals surface area contributed by atoms with Crippen LogP contribution in [0, 0.1) is 23.7 Å². The first-order valence-electron chi connectivity index (χ1n) is 11.0. The van der Waals surface area contributed by atoms with Crippen molar-refractivity contribution in [3.05, 3.63) is 0 Å². The number of hydrogen-bond acceptors (Lipinski definition) is 4. The van der Waals surface area contributed by atoms with Crippen LogP contribution < -0.4 is 0 Å². The standard InChI is InChI=1S/C22H38O8.12Y/c1-3-4-9-16(20(25)26)11-6-13-18(22(29)30)14-7-12-17(21(27)28)10-5-8-15(2)19(23)24;;;;;;;;;;;;/h15-18H,3-14H2,1-2H3,(H,23,24)(H,25,26)(H,27,28)(H,29,30);;;;;;;;;;;;/t15-,16?,17?,18?;;;;;;;;;;;;/m0............/s1. The van der Waals surface area contributed by atoms with Gasteiger partial charge in [-0.05, 0) is 44.9 Å². The molecule has 0 bridgehead atoms. The molecule has 0 amide bonds. The number of carbonyl (C=O) groups is 4. The Bertz CT molecular complexity index is 582. The van der Waals surface area contributed by atoms with Crippen molar-refractivity contribution >= 4 is 23.9 Å². The van der Waals surface area contributed by atoms with Gasteiger partial charge in [-0.1, -0.05) is 46.0 Å². The summed E-state index contributed by atoms with van der Waals surface area (Å²) in [6, 6.07) is 0. The molecule has 8 nitrogen and oxygen atoms in total. The predicted octanol–water partition coefficient (Wildman–Crippen LogP) is 4.48. The molecule has 0 rings (SSSR count). The van der Waals surface area contributed by atoms with Gasteiger partial charge in [0.25, 0.3) is 0 Å². The molecule has 210 valence electrons. The summed E-state index contributed by atoms with van der Waals surface area (Å²) in [7, 11) is 0. The second-order valence-electron chi connectivity index (χ2n) is 8.28. The Morgan fingerprint density at radius 2 is 0.619 bits per heavy atom. The van der Waals surface area contributed by atoms with Crippen LogP contribution in [0.15, 0.2) is 0 Å². The zero-order valence-electron chi connectivity index (χ0n) is 25.1. The Labute approximate surface area is 555 Å². The van der Waals surface area contributed by atoms with E-state index in [-0.39, 0.29) is 393 Å². The molecule has 0 saturated carbocycles. The van der Waals surface area contributed by atoms with E-state index < -0.39 is 47.5 Å². The maximum atomic E-state index is 11.5. The number of unbranched alkanes of at least 4 members (excludes halogenated alkanes) is 1. The molecule has 3 unspecified atom stereocenters. The van der Waals surface area contributed by atoms with Crippen LogP contribution in [0.5, 0.6) is 0 Å². The number of carboxylic acid groups (broad SMARTS) is 4. The minimum Gasteiger partial charge on any atom is -0.481 e. The number of aliphatic carboxylic acids is 4. The van der Waals surface area contributed by atoms with Gasteiger partial charge < -0.3 is 20.4 Å². The van der Waals surface area contributed by atoms with E-state index in [0.717, 1.165) is 12.8 Å². The molecule has 42 heavy (non-hydrogen) atoms. The fourth-order valence-electron chi connectivity index (χ4n) is 3.64. The van der Waals surface area contributed by atoms with Crippen LogP contribution in [-0.2, 0) is 412 Å². The predicted molar refractivity (Wildman–Crippen MR) is 111 cm³/mol. The Morgan fingerprint density at radius 3 is 0.810 bits per heavy atom. The quantitative estimate of drug-likeness (QED) is 0.148. The second-order valence-corrected chi connectivity index (χ2v) is 8.28. The van der Waals surface area contributed by atoms with Crippen LogP contribution in [0.4, 0.5) is 0 Å². The second kappa shape index (κ2) is 61.4. The number of hydrogen-bond donors (Lipinski definition) is 4. The summed E-state index contributed by atoms with van der Waals surface area (Å²) in [6.07, 6.45) is 6.19. The molecule has 4 N–H and O–H groups in total. The first kappa shape index (κ1) is 89.7. The van der Waals surface area contributed by atoms with Crippen molar-refractivity contribution in [2.75, 3.05) is 0 Å². The Morgan fingerprint density at radius 1 is 0.405 bits per heavy atom. The molecule has 0 aromatic carbocycles. The summed E-state index contributed by atoms with van der Waals surface area (Å²) >= 11 is 0. The van der Waals surface area contributed by atoms with Crippen molar-refractivity contribution in [1.82, 2.24) is 0 Å². The van der Waals surface area contributed by atoms with Crippen molar-refractivity contribution in [2.45, 2.75) is 90.9 Å². The first-order chi connectivity index (χ1) is 14.1. The molecule has 0 aliphatic rings. The van der Waals surface area contributed by atoms with Crippen molar-refractivity contribution in [1.29, 1.82) is 0 Å². The average Bonchev–Trinajstić information content (AvgIpc) is 2.66. The van der Waals surface area contributed by atoms with E-state index in [0.29, 0.717) is 64.2 Å². The zero-order valence-corrected chi connectivity index (χ0v) is 59.2. The minimum atomic E-state index is -0.940. The third-order valence-electron chi connectivity index (χ3n) is 5.78. The fourth-order valence-corrected chi connectivity index (χ4v) is 3.64. The molecule has 4 atom stereocenters. The van der Waals surface area contributed by atoms with Crippen molar-refractivity contribution in [3.8, 4) is 0 Å². The molecule has 0 saturated heterocycles. The first-order valence-corrected chi connectivity index (χ1v) is 11.0. The molecule has 0 spiro atoms. The van der Waals surface area contributed by atoms with E-state index in [9.17, 15) is 34.5 Å². The zero-order chi connectivity index (χ0) is 23.1. The average molecular weight is 1500 g/mol.